The molecule has 6 nitrogen and oxygen atoms in total. The molecule has 0 bridgehead atoms. The van der Waals surface area contributed by atoms with Crippen LogP contribution in [-0.4, -0.2) is 26.5 Å². The Morgan fingerprint density at radius 3 is 2.71 bits per heavy atom. The molecule has 0 aliphatic carbocycles. The zero-order chi connectivity index (χ0) is 17.0. The second kappa shape index (κ2) is 6.57. The van der Waals surface area contributed by atoms with Crippen LogP contribution in [0.3, 0.4) is 0 Å². The number of halogens is 3. The summed E-state index contributed by atoms with van der Waals surface area (Å²) in [6.45, 7) is 0. The highest BCUT2D eigenvalue weighted by molar-refractivity contribution is 5.51. The van der Waals surface area contributed by atoms with Crippen LogP contribution in [0.1, 0.15) is 17.4 Å². The van der Waals surface area contributed by atoms with Crippen molar-refractivity contribution in [1.82, 2.24) is 20.2 Å². The van der Waals surface area contributed by atoms with Crippen molar-refractivity contribution in [2.24, 2.45) is 0 Å². The van der Waals surface area contributed by atoms with Gasteiger partial charge in [-0.2, -0.15) is 5.10 Å². The topological polar surface area (TPSA) is 75.7 Å². The predicted octanol–water partition coefficient (Wildman–Crippen LogP) is 3.30. The first-order valence-corrected chi connectivity index (χ1v) is 6.89. The number of pyridine rings is 1. The van der Waals surface area contributed by atoms with Crippen molar-refractivity contribution >= 4 is 5.69 Å². The lowest BCUT2D eigenvalue weighted by atomic mass is 10.1. The molecule has 24 heavy (non-hydrogen) atoms. The van der Waals surface area contributed by atoms with Crippen LogP contribution < -0.4 is 10.1 Å². The van der Waals surface area contributed by atoms with Gasteiger partial charge in [0.2, 0.25) is 0 Å². The van der Waals surface area contributed by atoms with Gasteiger partial charge >= 0.3 is 6.36 Å². The summed E-state index contributed by atoms with van der Waals surface area (Å²) in [6.07, 6.45) is -0.134. The lowest BCUT2D eigenvalue weighted by Crippen LogP contribution is -2.17. The minimum absolute atomic E-state index is 0.310. The molecule has 0 saturated carbocycles. The lowest BCUT2D eigenvalue weighted by molar-refractivity contribution is -0.274. The number of anilines is 1. The second-order valence-electron chi connectivity index (χ2n) is 4.81. The summed E-state index contributed by atoms with van der Waals surface area (Å²) in [5.74, 6) is 0.195. The Labute approximate surface area is 134 Å². The van der Waals surface area contributed by atoms with Crippen LogP contribution in [0.4, 0.5) is 18.9 Å². The lowest BCUT2D eigenvalue weighted by Gasteiger charge is -2.18. The Balaban J connectivity index is 1.87. The summed E-state index contributed by atoms with van der Waals surface area (Å²) in [7, 11) is 0. The Morgan fingerprint density at radius 2 is 2.04 bits per heavy atom. The van der Waals surface area contributed by atoms with Gasteiger partial charge in [0.25, 0.3) is 0 Å². The van der Waals surface area contributed by atoms with Gasteiger partial charge < -0.3 is 10.1 Å². The van der Waals surface area contributed by atoms with Gasteiger partial charge in [0.15, 0.2) is 5.82 Å². The molecule has 0 aliphatic heterocycles. The molecular formula is C15H12F3N5O. The number of alkyl halides is 3. The second-order valence-corrected chi connectivity index (χ2v) is 4.81. The van der Waals surface area contributed by atoms with Crippen molar-refractivity contribution in [3.63, 3.8) is 0 Å². The Kier molecular flexibility index (Phi) is 4.32. The fourth-order valence-corrected chi connectivity index (χ4v) is 2.16. The van der Waals surface area contributed by atoms with Gasteiger partial charge in [-0.3, -0.25) is 10.1 Å². The number of nitrogens with zero attached hydrogens (tertiary/aromatic N) is 3. The van der Waals surface area contributed by atoms with E-state index in [1.54, 1.807) is 24.5 Å². The van der Waals surface area contributed by atoms with Gasteiger partial charge in [-0.25, -0.2) is 4.98 Å². The van der Waals surface area contributed by atoms with Crippen LogP contribution in [-0.2, 0) is 0 Å². The number of aromatic nitrogens is 4. The van der Waals surface area contributed by atoms with Gasteiger partial charge in [0, 0.05) is 29.7 Å². The van der Waals surface area contributed by atoms with Crippen LogP contribution in [0.2, 0.25) is 0 Å². The molecule has 0 aliphatic rings. The monoisotopic (exact) mass is 335 g/mol. The maximum Gasteiger partial charge on any atom is 0.573 e. The molecule has 0 radical (unpaired) electrons. The van der Waals surface area contributed by atoms with Crippen molar-refractivity contribution in [2.45, 2.75) is 12.4 Å². The third-order valence-electron chi connectivity index (χ3n) is 3.10. The van der Waals surface area contributed by atoms with E-state index in [9.17, 15) is 13.2 Å². The highest BCUT2D eigenvalue weighted by atomic mass is 19.4. The normalized spacial score (nSPS) is 12.6. The standard InChI is InChI=1S/C15H12F3N5O/c16-15(17,18)24-12-5-1-4-11(7-12)22-13(14-20-9-21-23-14)10-3-2-6-19-8-10/h1-9,13,22H,(H,20,21,23). The van der Waals surface area contributed by atoms with Crippen molar-refractivity contribution in [2.75, 3.05) is 5.32 Å². The number of hydrogen-bond donors (Lipinski definition) is 2. The number of rotatable bonds is 5. The van der Waals surface area contributed by atoms with Crippen LogP contribution in [0, 0.1) is 0 Å². The first-order valence-electron chi connectivity index (χ1n) is 6.89. The van der Waals surface area contributed by atoms with Crippen LogP contribution >= 0.6 is 0 Å². The first-order chi connectivity index (χ1) is 11.5. The molecule has 3 aromatic rings. The average Bonchev–Trinajstić information content (AvgIpc) is 3.06. The Hall–Kier alpha value is -3.10. The summed E-state index contributed by atoms with van der Waals surface area (Å²) in [5, 5.41) is 9.66. The van der Waals surface area contributed by atoms with Gasteiger partial charge in [0.05, 0.1) is 0 Å². The SMILES string of the molecule is FC(F)(F)Oc1cccc(NC(c2cccnc2)c2ncn[nH]2)c1. The maximum atomic E-state index is 12.3. The molecule has 2 N–H and O–H groups in total. The molecule has 1 atom stereocenters. The first kappa shape index (κ1) is 15.8. The van der Waals surface area contributed by atoms with E-state index in [0.717, 1.165) is 5.56 Å². The molecule has 9 heteroatoms. The summed E-state index contributed by atoms with van der Waals surface area (Å²) < 4.78 is 41.0. The average molecular weight is 335 g/mol. The summed E-state index contributed by atoms with van der Waals surface area (Å²) in [6, 6.07) is 8.70. The third kappa shape index (κ3) is 4.00. The molecule has 1 aromatic carbocycles. The van der Waals surface area contributed by atoms with Crippen LogP contribution in [0.5, 0.6) is 5.75 Å². The van der Waals surface area contributed by atoms with Gasteiger partial charge in [0.1, 0.15) is 18.1 Å². The van der Waals surface area contributed by atoms with E-state index in [0.29, 0.717) is 11.5 Å². The molecule has 2 aromatic heterocycles. The molecule has 0 spiro atoms. The van der Waals surface area contributed by atoms with Gasteiger partial charge in [-0.1, -0.05) is 12.1 Å². The van der Waals surface area contributed by atoms with E-state index >= 15 is 0 Å². The molecule has 0 fully saturated rings. The van der Waals surface area contributed by atoms with Crippen LogP contribution in [0.25, 0.3) is 0 Å². The third-order valence-corrected chi connectivity index (χ3v) is 3.10. The number of nitrogens with one attached hydrogen (secondary N) is 2. The van der Waals surface area contributed by atoms with E-state index in [2.05, 4.69) is 30.2 Å². The zero-order valence-electron chi connectivity index (χ0n) is 12.2. The highest BCUT2D eigenvalue weighted by Crippen LogP contribution is 2.28. The minimum Gasteiger partial charge on any atom is -0.406 e. The van der Waals surface area contributed by atoms with E-state index < -0.39 is 12.4 Å². The van der Waals surface area contributed by atoms with Gasteiger partial charge in [-0.15, -0.1) is 13.2 Å². The fourth-order valence-electron chi connectivity index (χ4n) is 2.16. The van der Waals surface area contributed by atoms with Crippen molar-refractivity contribution in [1.29, 1.82) is 0 Å². The molecule has 2 heterocycles. The minimum atomic E-state index is -4.74. The van der Waals surface area contributed by atoms with Crippen molar-refractivity contribution in [3.05, 3.63) is 66.5 Å². The molecule has 0 amide bonds. The summed E-state index contributed by atoms with van der Waals surface area (Å²) >= 11 is 0. The molecule has 3 rings (SSSR count). The predicted molar refractivity (Wildman–Crippen MR) is 79.2 cm³/mol. The molecule has 0 saturated heterocycles. The number of hydrogen-bond acceptors (Lipinski definition) is 5. The van der Waals surface area contributed by atoms with E-state index in [1.807, 2.05) is 6.07 Å². The highest BCUT2D eigenvalue weighted by Gasteiger charge is 2.31. The van der Waals surface area contributed by atoms with Gasteiger partial charge in [-0.05, 0) is 18.2 Å². The van der Waals surface area contributed by atoms with E-state index in [4.69, 9.17) is 0 Å². The largest absolute Gasteiger partial charge is 0.573 e. The fraction of sp³-hybridized carbons (Fsp3) is 0.133. The smallest absolute Gasteiger partial charge is 0.406 e. The Bertz CT molecular complexity index is 777. The Morgan fingerprint density at radius 1 is 1.17 bits per heavy atom. The van der Waals surface area contributed by atoms with Crippen molar-refractivity contribution in [3.8, 4) is 5.75 Å². The maximum absolute atomic E-state index is 12.3. The van der Waals surface area contributed by atoms with Crippen molar-refractivity contribution < 1.29 is 17.9 Å². The number of aromatic amines is 1. The number of benzene rings is 1. The van der Waals surface area contributed by atoms with E-state index in [-0.39, 0.29) is 5.75 Å². The zero-order valence-corrected chi connectivity index (χ0v) is 12.2. The summed E-state index contributed by atoms with van der Waals surface area (Å²) in [5.41, 5.74) is 1.21. The number of ether oxygens (including phenoxy) is 1. The van der Waals surface area contributed by atoms with E-state index in [1.165, 1.54) is 24.5 Å². The molecule has 124 valence electrons. The molecular weight excluding hydrogens is 323 g/mol. The number of H-pyrrole nitrogens is 1. The molecule has 1 unspecified atom stereocenters. The quantitative estimate of drug-likeness (QED) is 0.748. The van der Waals surface area contributed by atoms with Crippen LogP contribution in [0.15, 0.2) is 55.1 Å². The summed E-state index contributed by atoms with van der Waals surface area (Å²) in [4.78, 5) is 8.15.